The van der Waals surface area contributed by atoms with Gasteiger partial charge in [0.2, 0.25) is 5.91 Å². The van der Waals surface area contributed by atoms with Gasteiger partial charge in [-0.1, -0.05) is 42.1 Å². The van der Waals surface area contributed by atoms with Gasteiger partial charge in [0.05, 0.1) is 12.0 Å². The van der Waals surface area contributed by atoms with Crippen LogP contribution in [0.2, 0.25) is 0 Å². The molecule has 1 aliphatic carbocycles. The zero-order chi connectivity index (χ0) is 20.8. The van der Waals surface area contributed by atoms with Gasteiger partial charge in [0.1, 0.15) is 10.8 Å². The van der Waals surface area contributed by atoms with Gasteiger partial charge in [-0.25, -0.2) is 15.4 Å². The fourth-order valence-electron chi connectivity index (χ4n) is 3.30. The first-order valence-electron chi connectivity index (χ1n) is 9.88. The molecule has 0 saturated carbocycles. The molecule has 4 rings (SSSR count). The van der Waals surface area contributed by atoms with Gasteiger partial charge in [-0.15, -0.1) is 0 Å². The molecule has 1 aromatic heterocycles. The Hall–Kier alpha value is -3.19. The Kier molecular flexibility index (Phi) is 6.39. The summed E-state index contributed by atoms with van der Waals surface area (Å²) in [6.07, 6.45) is 5.70. The van der Waals surface area contributed by atoms with Gasteiger partial charge in [-0.3, -0.25) is 4.79 Å². The Bertz CT molecular complexity index is 1050. The molecule has 0 unspecified atom stereocenters. The molecule has 2 aromatic carbocycles. The average Bonchev–Trinajstić information content (AvgIpc) is 2.79. The number of hydrazone groups is 1. The number of phenols is 1. The fourth-order valence-corrected chi connectivity index (χ4v) is 4.18. The van der Waals surface area contributed by atoms with Gasteiger partial charge in [-0.05, 0) is 55.5 Å². The lowest BCUT2D eigenvalue weighted by Crippen LogP contribution is -2.20. The van der Waals surface area contributed by atoms with E-state index >= 15 is 0 Å². The Balaban J connectivity index is 1.44. The van der Waals surface area contributed by atoms with Gasteiger partial charge in [0.25, 0.3) is 0 Å². The molecule has 6 nitrogen and oxygen atoms in total. The lowest BCUT2D eigenvalue weighted by atomic mass is 9.97. The monoisotopic (exact) mass is 418 g/mol. The smallest absolute Gasteiger partial charge is 0.250 e. The number of aromatic nitrogens is 2. The molecule has 0 atom stereocenters. The zero-order valence-corrected chi connectivity index (χ0v) is 17.2. The van der Waals surface area contributed by atoms with E-state index < -0.39 is 0 Å². The predicted molar refractivity (Wildman–Crippen MR) is 119 cm³/mol. The molecule has 1 heterocycles. The number of hydrogen-bond acceptors (Lipinski definition) is 6. The van der Waals surface area contributed by atoms with Crippen molar-refractivity contribution in [1.29, 1.82) is 0 Å². The summed E-state index contributed by atoms with van der Waals surface area (Å²) in [5.74, 6) is 0.935. The maximum absolute atomic E-state index is 12.3. The van der Waals surface area contributed by atoms with E-state index in [0.717, 1.165) is 47.5 Å². The summed E-state index contributed by atoms with van der Waals surface area (Å²) in [5, 5.41) is 14.2. The first kappa shape index (κ1) is 20.1. The minimum absolute atomic E-state index is 0.190. The topological polar surface area (TPSA) is 87.5 Å². The molecule has 1 aliphatic rings. The van der Waals surface area contributed by atoms with Crippen molar-refractivity contribution in [3.63, 3.8) is 0 Å². The Morgan fingerprint density at radius 2 is 1.83 bits per heavy atom. The molecule has 30 heavy (non-hydrogen) atoms. The lowest BCUT2D eigenvalue weighted by Gasteiger charge is -2.18. The molecule has 1 amide bonds. The number of amides is 1. The molecule has 2 N–H and O–H groups in total. The highest BCUT2D eigenvalue weighted by molar-refractivity contribution is 7.99. The number of aryl methyl sites for hydroxylation is 1. The van der Waals surface area contributed by atoms with Crippen LogP contribution < -0.4 is 5.43 Å². The van der Waals surface area contributed by atoms with Crippen LogP contribution in [0.4, 0.5) is 0 Å². The molecule has 0 bridgehead atoms. The number of aromatic hydroxyl groups is 1. The second-order valence-corrected chi connectivity index (χ2v) is 7.99. The minimum atomic E-state index is -0.195. The summed E-state index contributed by atoms with van der Waals surface area (Å²) >= 11 is 1.43. The van der Waals surface area contributed by atoms with Crippen LogP contribution in [0.25, 0.3) is 11.4 Å². The summed E-state index contributed by atoms with van der Waals surface area (Å²) in [4.78, 5) is 21.8. The van der Waals surface area contributed by atoms with E-state index in [2.05, 4.69) is 10.5 Å². The van der Waals surface area contributed by atoms with Gasteiger partial charge >= 0.3 is 0 Å². The van der Waals surface area contributed by atoms with Crippen LogP contribution in [0.1, 0.15) is 29.7 Å². The molecular formula is C23H22N4O2S. The molecule has 0 radical (unpaired) electrons. The number of nitrogens with zero attached hydrogens (tertiary/aromatic N) is 3. The van der Waals surface area contributed by atoms with E-state index in [1.54, 1.807) is 30.5 Å². The van der Waals surface area contributed by atoms with Crippen molar-refractivity contribution in [2.75, 3.05) is 5.75 Å². The maximum Gasteiger partial charge on any atom is 0.250 e. The summed E-state index contributed by atoms with van der Waals surface area (Å²) in [6, 6.07) is 16.5. The van der Waals surface area contributed by atoms with Crippen LogP contribution >= 0.6 is 11.8 Å². The summed E-state index contributed by atoms with van der Waals surface area (Å²) in [5.41, 5.74) is 6.59. The average molecular weight is 419 g/mol. The van der Waals surface area contributed by atoms with Crippen LogP contribution in [-0.4, -0.2) is 32.9 Å². The number of benzene rings is 2. The van der Waals surface area contributed by atoms with E-state index in [4.69, 9.17) is 9.97 Å². The number of hydrogen-bond donors (Lipinski definition) is 2. The van der Waals surface area contributed by atoms with Gasteiger partial charge in [0, 0.05) is 16.8 Å². The summed E-state index contributed by atoms with van der Waals surface area (Å²) in [6.45, 7) is 0. The molecule has 3 aromatic rings. The highest BCUT2D eigenvalue weighted by Crippen LogP contribution is 2.31. The minimum Gasteiger partial charge on any atom is -0.508 e. The van der Waals surface area contributed by atoms with Crippen molar-refractivity contribution in [1.82, 2.24) is 15.4 Å². The number of nitrogens with one attached hydrogen (secondary N) is 1. The van der Waals surface area contributed by atoms with E-state index in [0.29, 0.717) is 5.82 Å². The van der Waals surface area contributed by atoms with Gasteiger partial charge in [0.15, 0.2) is 5.82 Å². The first-order chi connectivity index (χ1) is 14.7. The number of carbonyl (C=O) groups is 1. The maximum atomic E-state index is 12.3. The van der Waals surface area contributed by atoms with Crippen molar-refractivity contribution in [2.45, 2.75) is 30.7 Å². The summed E-state index contributed by atoms with van der Waals surface area (Å²) in [7, 11) is 0. The number of rotatable bonds is 6. The number of fused-ring (bicyclic) bond motifs is 1. The molecule has 0 spiro atoms. The highest BCUT2D eigenvalue weighted by Gasteiger charge is 2.19. The number of carbonyl (C=O) groups excluding carboxylic acids is 1. The lowest BCUT2D eigenvalue weighted by molar-refractivity contribution is -0.118. The van der Waals surface area contributed by atoms with Crippen LogP contribution in [0.3, 0.4) is 0 Å². The van der Waals surface area contributed by atoms with Crippen molar-refractivity contribution in [3.8, 4) is 17.1 Å². The summed E-state index contributed by atoms with van der Waals surface area (Å²) < 4.78 is 0. The molecule has 7 heteroatoms. The molecule has 0 aliphatic heterocycles. The molecule has 0 fully saturated rings. The van der Waals surface area contributed by atoms with E-state index in [1.807, 2.05) is 30.3 Å². The van der Waals surface area contributed by atoms with E-state index in [9.17, 15) is 9.90 Å². The Morgan fingerprint density at radius 3 is 2.63 bits per heavy atom. The first-order valence-corrected chi connectivity index (χ1v) is 10.9. The van der Waals surface area contributed by atoms with Crippen LogP contribution in [-0.2, 0) is 17.6 Å². The Labute approximate surface area is 179 Å². The largest absolute Gasteiger partial charge is 0.508 e. The third-order valence-electron chi connectivity index (χ3n) is 4.81. The zero-order valence-electron chi connectivity index (χ0n) is 16.4. The standard InChI is InChI=1S/C23H22N4O2S/c28-18-12-10-16(11-13-18)14-24-27-21(29)15-30-23-19-8-4-5-9-20(19)25-22(26-23)17-6-2-1-3-7-17/h1-3,6-7,10-14,28H,4-5,8-9,15H2,(H,27,29)/b24-14-. The second kappa shape index (κ2) is 9.54. The van der Waals surface area contributed by atoms with E-state index in [1.165, 1.54) is 17.3 Å². The predicted octanol–water partition coefficient (Wildman–Crippen LogP) is 3.97. The highest BCUT2D eigenvalue weighted by atomic mass is 32.2. The quantitative estimate of drug-likeness (QED) is 0.274. The second-order valence-electron chi connectivity index (χ2n) is 7.02. The van der Waals surface area contributed by atoms with E-state index in [-0.39, 0.29) is 17.4 Å². The normalized spacial score (nSPS) is 13.2. The van der Waals surface area contributed by atoms with Gasteiger partial charge in [-0.2, -0.15) is 5.10 Å². The third-order valence-corrected chi connectivity index (χ3v) is 5.83. The van der Waals surface area contributed by atoms with Crippen molar-refractivity contribution < 1.29 is 9.90 Å². The molecule has 152 valence electrons. The van der Waals surface area contributed by atoms with Crippen molar-refractivity contribution in [3.05, 3.63) is 71.4 Å². The number of phenolic OH excluding ortho intramolecular Hbond substituents is 1. The molecule has 0 saturated heterocycles. The fraction of sp³-hybridized carbons (Fsp3) is 0.217. The third kappa shape index (κ3) is 5.04. The van der Waals surface area contributed by atoms with Crippen LogP contribution in [0, 0.1) is 0 Å². The number of thioether (sulfide) groups is 1. The van der Waals surface area contributed by atoms with Crippen LogP contribution in [0.5, 0.6) is 5.75 Å². The SMILES string of the molecule is O=C(CSc1nc(-c2ccccc2)nc2c1CCCC2)N/N=C\c1ccc(O)cc1. The van der Waals surface area contributed by atoms with Crippen molar-refractivity contribution in [2.24, 2.45) is 5.10 Å². The van der Waals surface area contributed by atoms with Crippen LogP contribution in [0.15, 0.2) is 64.7 Å². The van der Waals surface area contributed by atoms with Gasteiger partial charge < -0.3 is 5.11 Å². The Morgan fingerprint density at radius 1 is 1.07 bits per heavy atom. The molecular weight excluding hydrogens is 396 g/mol. The van der Waals surface area contributed by atoms with Crippen molar-refractivity contribution >= 4 is 23.9 Å².